The van der Waals surface area contributed by atoms with E-state index in [0.29, 0.717) is 26.1 Å². The fourth-order valence-corrected chi connectivity index (χ4v) is 4.31. The maximum atomic E-state index is 13.0. The minimum absolute atomic E-state index is 0.0376. The molecule has 1 heterocycles. The van der Waals surface area contributed by atoms with Gasteiger partial charge < -0.3 is 14.8 Å². The Hall–Kier alpha value is -2.67. The van der Waals surface area contributed by atoms with Crippen molar-refractivity contribution in [2.75, 3.05) is 26.3 Å². The highest BCUT2D eigenvalue weighted by molar-refractivity contribution is 6.76. The first-order valence-electron chi connectivity index (χ1n) is 13.1. The lowest BCUT2D eigenvalue weighted by atomic mass is 9.99. The Kier molecular flexibility index (Phi) is 12.5. The van der Waals surface area contributed by atoms with Crippen molar-refractivity contribution in [3.63, 3.8) is 0 Å². The zero-order chi connectivity index (χ0) is 28.2. The molecule has 1 aliphatic heterocycles. The van der Waals surface area contributed by atoms with Crippen LogP contribution in [0.25, 0.3) is 0 Å². The zero-order valence-electron chi connectivity index (χ0n) is 23.5. The third-order valence-electron chi connectivity index (χ3n) is 5.57. The monoisotopic (exact) mass is 552 g/mol. The number of hydrogen-bond acceptors (Lipinski definition) is 8. The molecule has 3 amide bonds. The highest BCUT2D eigenvalue weighted by atomic mass is 28.3. The van der Waals surface area contributed by atoms with Crippen molar-refractivity contribution in [3.05, 3.63) is 35.9 Å². The molecule has 0 aliphatic carbocycles. The largest absolute Gasteiger partial charge is 0.450 e. The van der Waals surface area contributed by atoms with Gasteiger partial charge >= 0.3 is 12.2 Å². The van der Waals surface area contributed by atoms with E-state index in [2.05, 4.69) is 35.9 Å². The number of piperidine rings is 1. The molecule has 0 spiro atoms. The van der Waals surface area contributed by atoms with Crippen LogP contribution in [0, 0.1) is 0 Å². The fourth-order valence-electron chi connectivity index (χ4n) is 3.59. The normalized spacial score (nSPS) is 18.0. The van der Waals surface area contributed by atoms with Crippen molar-refractivity contribution in [1.29, 1.82) is 0 Å². The highest BCUT2D eigenvalue weighted by Gasteiger charge is 2.37. The predicted octanol–water partition coefficient (Wildman–Crippen LogP) is 3.59. The van der Waals surface area contributed by atoms with Crippen molar-refractivity contribution in [2.45, 2.75) is 83.6 Å². The third kappa shape index (κ3) is 12.7. The second-order valence-electron chi connectivity index (χ2n) is 11.5. The van der Waals surface area contributed by atoms with Gasteiger partial charge in [-0.15, -0.1) is 0 Å². The van der Waals surface area contributed by atoms with Gasteiger partial charge in [-0.3, -0.25) is 19.4 Å². The summed E-state index contributed by atoms with van der Waals surface area (Å²) in [5.41, 5.74) is 5.84. The van der Waals surface area contributed by atoms with Gasteiger partial charge in [-0.25, -0.2) is 15.1 Å². The summed E-state index contributed by atoms with van der Waals surface area (Å²) in [5, 5.41) is 2.55. The Labute approximate surface area is 226 Å². The minimum Gasteiger partial charge on any atom is -0.450 e. The summed E-state index contributed by atoms with van der Waals surface area (Å²) in [7, 11) is -1.39. The van der Waals surface area contributed by atoms with Crippen molar-refractivity contribution in [2.24, 2.45) is 0 Å². The molecule has 214 valence electrons. The number of benzene rings is 1. The van der Waals surface area contributed by atoms with E-state index in [0.717, 1.165) is 11.6 Å². The van der Waals surface area contributed by atoms with Crippen molar-refractivity contribution >= 4 is 26.2 Å². The molecule has 0 saturated carbocycles. The summed E-state index contributed by atoms with van der Waals surface area (Å²) in [5.74, 6) is -0.451. The second kappa shape index (κ2) is 15.1. The van der Waals surface area contributed by atoms with E-state index in [4.69, 9.17) is 19.1 Å². The molecule has 11 nitrogen and oxygen atoms in total. The van der Waals surface area contributed by atoms with Crippen LogP contribution in [-0.4, -0.2) is 75.1 Å². The van der Waals surface area contributed by atoms with Crippen LogP contribution >= 0.6 is 0 Å². The number of amides is 3. The van der Waals surface area contributed by atoms with E-state index < -0.39 is 37.8 Å². The first kappa shape index (κ1) is 31.5. The number of carbonyl (C=O) groups is 3. The second-order valence-corrected chi connectivity index (χ2v) is 17.1. The molecule has 1 saturated heterocycles. The number of rotatable bonds is 12. The molecule has 2 unspecified atom stereocenters. The van der Waals surface area contributed by atoms with Crippen molar-refractivity contribution in [3.8, 4) is 0 Å². The number of nitrogens with one attached hydrogen (secondary N) is 3. The SMILES string of the molecule is CC(C)(C)OC(=O)NCCONC(=O)C1CCC(NOCc2ccccc2)CN1C(=O)OCC[Si](C)(C)C. The molecular weight excluding hydrogens is 508 g/mol. The number of hydroxylamine groups is 2. The summed E-state index contributed by atoms with van der Waals surface area (Å²) >= 11 is 0. The molecule has 12 heteroatoms. The van der Waals surface area contributed by atoms with E-state index >= 15 is 0 Å². The van der Waals surface area contributed by atoms with Gasteiger partial charge in [0.1, 0.15) is 11.6 Å². The van der Waals surface area contributed by atoms with Crippen LogP contribution in [0.2, 0.25) is 25.7 Å². The van der Waals surface area contributed by atoms with Gasteiger partial charge in [0.05, 0.1) is 25.9 Å². The van der Waals surface area contributed by atoms with E-state index in [-0.39, 0.29) is 25.7 Å². The summed E-state index contributed by atoms with van der Waals surface area (Å²) in [6.45, 7) is 13.1. The van der Waals surface area contributed by atoms with Gasteiger partial charge in [-0.05, 0) is 45.2 Å². The summed E-state index contributed by atoms with van der Waals surface area (Å²) in [6, 6.07) is 9.68. The zero-order valence-corrected chi connectivity index (χ0v) is 24.5. The smallest absolute Gasteiger partial charge is 0.410 e. The Morgan fingerprint density at radius 3 is 2.39 bits per heavy atom. The molecule has 3 N–H and O–H groups in total. The number of alkyl carbamates (subject to hydrolysis) is 1. The Balaban J connectivity index is 1.86. The van der Waals surface area contributed by atoms with Crippen LogP contribution in [0.1, 0.15) is 39.2 Å². The Bertz CT molecular complexity index is 890. The van der Waals surface area contributed by atoms with Gasteiger partial charge in [0.25, 0.3) is 5.91 Å². The van der Waals surface area contributed by atoms with Crippen LogP contribution in [0.3, 0.4) is 0 Å². The molecule has 1 aromatic rings. The summed E-state index contributed by atoms with van der Waals surface area (Å²) < 4.78 is 10.7. The van der Waals surface area contributed by atoms with E-state index in [9.17, 15) is 14.4 Å². The average Bonchev–Trinajstić information content (AvgIpc) is 2.82. The number of nitrogens with zero attached hydrogens (tertiary/aromatic N) is 1. The molecule has 2 rings (SSSR count). The molecule has 38 heavy (non-hydrogen) atoms. The molecule has 0 radical (unpaired) electrons. The van der Waals surface area contributed by atoms with Crippen molar-refractivity contribution in [1.82, 2.24) is 21.2 Å². The van der Waals surface area contributed by atoms with Crippen LogP contribution in [-0.2, 0) is 30.6 Å². The number of hydrogen-bond donors (Lipinski definition) is 3. The van der Waals surface area contributed by atoms with Gasteiger partial charge in [-0.2, -0.15) is 5.48 Å². The topological polar surface area (TPSA) is 127 Å². The van der Waals surface area contributed by atoms with Gasteiger partial charge in [0, 0.05) is 21.2 Å². The predicted molar refractivity (Wildman–Crippen MR) is 146 cm³/mol. The van der Waals surface area contributed by atoms with E-state index in [1.54, 1.807) is 20.8 Å². The first-order valence-corrected chi connectivity index (χ1v) is 16.8. The Morgan fingerprint density at radius 2 is 1.74 bits per heavy atom. The van der Waals surface area contributed by atoms with Crippen molar-refractivity contribution < 1.29 is 33.5 Å². The molecule has 1 fully saturated rings. The van der Waals surface area contributed by atoms with Gasteiger partial charge in [0.2, 0.25) is 0 Å². The third-order valence-corrected chi connectivity index (χ3v) is 7.28. The van der Waals surface area contributed by atoms with Crippen LogP contribution < -0.4 is 16.3 Å². The van der Waals surface area contributed by atoms with Crippen LogP contribution in [0.4, 0.5) is 9.59 Å². The number of likely N-dealkylation sites (tertiary alicyclic amines) is 1. The maximum Gasteiger partial charge on any atom is 0.410 e. The lowest BCUT2D eigenvalue weighted by Crippen LogP contribution is -2.57. The standard InChI is InChI=1S/C26H44N4O7Si/c1-26(2,3)37-24(32)27-14-15-35-29-23(31)22-13-12-21(28-36-19-20-10-8-7-9-11-20)18-30(22)25(33)34-16-17-38(4,5)6/h7-11,21-22,28H,12-19H2,1-6H3,(H,27,32)(H,29,31). The molecule has 1 aromatic carbocycles. The molecule has 2 atom stereocenters. The number of ether oxygens (including phenoxy) is 2. The molecule has 0 aromatic heterocycles. The first-order chi connectivity index (χ1) is 17.8. The molecular formula is C26H44N4O7Si. The Morgan fingerprint density at radius 1 is 1.03 bits per heavy atom. The average molecular weight is 553 g/mol. The number of carbonyl (C=O) groups excluding carboxylic acids is 3. The minimum atomic E-state index is -1.39. The van der Waals surface area contributed by atoms with Crippen LogP contribution in [0.15, 0.2) is 30.3 Å². The highest BCUT2D eigenvalue weighted by Crippen LogP contribution is 2.20. The lowest BCUT2D eigenvalue weighted by molar-refractivity contribution is -0.140. The summed E-state index contributed by atoms with van der Waals surface area (Å²) in [4.78, 5) is 49.9. The quantitative estimate of drug-likeness (QED) is 0.204. The van der Waals surface area contributed by atoms with Crippen LogP contribution in [0.5, 0.6) is 0 Å². The van der Waals surface area contributed by atoms with Gasteiger partial charge in [0.15, 0.2) is 0 Å². The van der Waals surface area contributed by atoms with E-state index in [1.165, 1.54) is 4.90 Å². The lowest BCUT2D eigenvalue weighted by Gasteiger charge is -2.38. The van der Waals surface area contributed by atoms with E-state index in [1.807, 2.05) is 30.3 Å². The molecule has 1 aliphatic rings. The maximum absolute atomic E-state index is 13.0. The van der Waals surface area contributed by atoms with Gasteiger partial charge in [-0.1, -0.05) is 50.0 Å². The fraction of sp³-hybridized carbons (Fsp3) is 0.654. The summed E-state index contributed by atoms with van der Waals surface area (Å²) in [6.07, 6.45) is -0.0865. The molecule has 0 bridgehead atoms.